The number of rotatable bonds is 2. The Balaban J connectivity index is 2.26. The summed E-state index contributed by atoms with van der Waals surface area (Å²) in [6, 6.07) is 11.8. The Bertz CT molecular complexity index is 851. The zero-order valence-electron chi connectivity index (χ0n) is 11.1. The molecule has 0 atom stereocenters. The lowest BCUT2D eigenvalue weighted by atomic mass is 10.2. The number of aromatic amines is 1. The first-order valence-electron chi connectivity index (χ1n) is 6.15. The molecule has 0 fully saturated rings. The van der Waals surface area contributed by atoms with Gasteiger partial charge in [0.25, 0.3) is 0 Å². The minimum Gasteiger partial charge on any atom is -0.495 e. The van der Waals surface area contributed by atoms with Crippen LogP contribution in [0.2, 0.25) is 5.02 Å². The lowest BCUT2D eigenvalue weighted by Crippen LogP contribution is -1.95. The van der Waals surface area contributed by atoms with Crippen LogP contribution in [0, 0.1) is 11.7 Å². The number of aromatic nitrogens is 2. The number of fused-ring (bicyclic) bond motifs is 1. The van der Waals surface area contributed by atoms with Crippen LogP contribution >= 0.6 is 23.8 Å². The first-order chi connectivity index (χ1) is 9.60. The van der Waals surface area contributed by atoms with Crippen LogP contribution in [-0.4, -0.2) is 16.7 Å². The maximum Gasteiger partial charge on any atom is 0.182 e. The van der Waals surface area contributed by atoms with Gasteiger partial charge in [-0.05, 0) is 55.0 Å². The number of H-pyrrole nitrogens is 1. The highest BCUT2D eigenvalue weighted by molar-refractivity contribution is 7.71. The molecule has 5 heteroatoms. The predicted octanol–water partition coefficient (Wildman–Crippen LogP) is 4.66. The first-order valence-corrected chi connectivity index (χ1v) is 6.94. The van der Waals surface area contributed by atoms with Gasteiger partial charge in [-0.25, -0.2) is 0 Å². The van der Waals surface area contributed by atoms with Gasteiger partial charge >= 0.3 is 0 Å². The van der Waals surface area contributed by atoms with Gasteiger partial charge in [0.15, 0.2) is 4.77 Å². The highest BCUT2D eigenvalue weighted by Crippen LogP contribution is 2.28. The smallest absolute Gasteiger partial charge is 0.182 e. The van der Waals surface area contributed by atoms with Crippen molar-refractivity contribution < 1.29 is 4.74 Å². The van der Waals surface area contributed by atoms with E-state index in [0.717, 1.165) is 16.7 Å². The van der Waals surface area contributed by atoms with E-state index in [-0.39, 0.29) is 0 Å². The lowest BCUT2D eigenvalue weighted by molar-refractivity contribution is 0.415. The molecule has 20 heavy (non-hydrogen) atoms. The molecule has 2 aromatic carbocycles. The molecule has 0 spiro atoms. The highest BCUT2D eigenvalue weighted by atomic mass is 35.5. The Labute approximate surface area is 126 Å². The molecule has 0 amide bonds. The molecule has 102 valence electrons. The third-order valence-corrected chi connectivity index (χ3v) is 3.81. The van der Waals surface area contributed by atoms with Crippen molar-refractivity contribution in [1.82, 2.24) is 9.55 Å². The third-order valence-electron chi connectivity index (χ3n) is 3.23. The molecule has 0 aliphatic heterocycles. The molecular weight excluding hydrogens is 292 g/mol. The van der Waals surface area contributed by atoms with Crippen molar-refractivity contribution in [3.05, 3.63) is 51.8 Å². The van der Waals surface area contributed by atoms with Gasteiger partial charge in [-0.15, -0.1) is 0 Å². The Morgan fingerprint density at radius 2 is 2.00 bits per heavy atom. The highest BCUT2D eigenvalue weighted by Gasteiger charge is 2.09. The quantitative estimate of drug-likeness (QED) is 0.698. The van der Waals surface area contributed by atoms with Crippen LogP contribution in [0.1, 0.15) is 5.56 Å². The van der Waals surface area contributed by atoms with Gasteiger partial charge in [-0.3, -0.25) is 4.57 Å². The SMILES string of the molecule is COc1ccc(-n2c(=S)[nH]c3cc(C)ccc32)cc1Cl. The number of hydrogen-bond donors (Lipinski definition) is 1. The number of imidazole rings is 1. The fourth-order valence-corrected chi connectivity index (χ4v) is 2.84. The third kappa shape index (κ3) is 2.11. The number of methoxy groups -OCH3 is 1. The van der Waals surface area contributed by atoms with Crippen molar-refractivity contribution in [2.24, 2.45) is 0 Å². The summed E-state index contributed by atoms with van der Waals surface area (Å²) in [5.74, 6) is 0.651. The molecular formula is C15H13ClN2OS. The van der Waals surface area contributed by atoms with Crippen molar-refractivity contribution in [1.29, 1.82) is 0 Å². The van der Waals surface area contributed by atoms with Crippen LogP contribution < -0.4 is 4.74 Å². The molecule has 0 bridgehead atoms. The average molecular weight is 305 g/mol. The normalized spacial score (nSPS) is 10.9. The summed E-state index contributed by atoms with van der Waals surface area (Å²) in [4.78, 5) is 3.22. The Hall–Kier alpha value is -1.78. The molecule has 1 N–H and O–H groups in total. The van der Waals surface area contributed by atoms with Gasteiger partial charge in [0.05, 0.1) is 28.9 Å². The number of aryl methyl sites for hydroxylation is 1. The molecule has 0 radical (unpaired) electrons. The van der Waals surface area contributed by atoms with E-state index in [2.05, 4.69) is 30.1 Å². The summed E-state index contributed by atoms with van der Waals surface area (Å²) in [6.07, 6.45) is 0. The molecule has 3 aromatic rings. The summed E-state index contributed by atoms with van der Waals surface area (Å²) in [5, 5.41) is 0.563. The van der Waals surface area contributed by atoms with Crippen LogP contribution in [0.15, 0.2) is 36.4 Å². The monoisotopic (exact) mass is 304 g/mol. The van der Waals surface area contributed by atoms with Crippen LogP contribution in [0.3, 0.4) is 0 Å². The summed E-state index contributed by atoms with van der Waals surface area (Å²) in [6.45, 7) is 2.05. The second-order valence-corrected chi connectivity index (χ2v) is 5.40. The zero-order chi connectivity index (χ0) is 14.3. The van der Waals surface area contributed by atoms with Crippen LogP contribution in [0.5, 0.6) is 5.75 Å². The molecule has 1 aromatic heterocycles. The molecule has 3 rings (SSSR count). The summed E-state index contributed by atoms with van der Waals surface area (Å²) in [7, 11) is 1.60. The summed E-state index contributed by atoms with van der Waals surface area (Å²) < 4.78 is 7.79. The van der Waals surface area contributed by atoms with Crippen LogP contribution in [0.4, 0.5) is 0 Å². The standard InChI is InChI=1S/C15H13ClN2OS/c1-9-3-5-13-12(7-9)17-15(20)18(13)10-4-6-14(19-2)11(16)8-10/h3-8H,1-2H3,(H,17,20). The minimum atomic E-state index is 0.563. The molecule has 0 saturated carbocycles. The number of nitrogens with zero attached hydrogens (tertiary/aromatic N) is 1. The topological polar surface area (TPSA) is 29.9 Å². The number of nitrogens with one attached hydrogen (secondary N) is 1. The maximum atomic E-state index is 6.19. The fraction of sp³-hybridized carbons (Fsp3) is 0.133. The molecule has 0 unspecified atom stereocenters. The van der Waals surface area contributed by atoms with E-state index in [0.29, 0.717) is 15.5 Å². The van der Waals surface area contributed by atoms with Gasteiger partial charge in [0, 0.05) is 0 Å². The van der Waals surface area contributed by atoms with E-state index in [1.165, 1.54) is 5.56 Å². The minimum absolute atomic E-state index is 0.563. The Morgan fingerprint density at radius 1 is 1.20 bits per heavy atom. The number of hydrogen-bond acceptors (Lipinski definition) is 2. The molecule has 0 aliphatic rings. The fourth-order valence-electron chi connectivity index (χ4n) is 2.28. The van der Waals surface area contributed by atoms with Crippen molar-refractivity contribution >= 4 is 34.9 Å². The van der Waals surface area contributed by atoms with Crippen molar-refractivity contribution in [3.8, 4) is 11.4 Å². The van der Waals surface area contributed by atoms with E-state index >= 15 is 0 Å². The van der Waals surface area contributed by atoms with Gasteiger partial charge in [0.1, 0.15) is 5.75 Å². The van der Waals surface area contributed by atoms with Crippen LogP contribution in [-0.2, 0) is 0 Å². The second-order valence-electron chi connectivity index (χ2n) is 4.61. The largest absolute Gasteiger partial charge is 0.495 e. The van der Waals surface area contributed by atoms with Crippen molar-refractivity contribution in [2.75, 3.05) is 7.11 Å². The van der Waals surface area contributed by atoms with E-state index in [1.54, 1.807) is 7.11 Å². The Kier molecular flexibility index (Phi) is 3.28. The van der Waals surface area contributed by atoms with Crippen LogP contribution in [0.25, 0.3) is 16.7 Å². The maximum absolute atomic E-state index is 6.19. The van der Waals surface area contributed by atoms with E-state index in [9.17, 15) is 0 Å². The van der Waals surface area contributed by atoms with Gasteiger partial charge in [0.2, 0.25) is 0 Å². The molecule has 0 aliphatic carbocycles. The summed E-state index contributed by atoms with van der Waals surface area (Å²) in [5.41, 5.74) is 4.15. The van der Waals surface area contributed by atoms with Gasteiger partial charge < -0.3 is 9.72 Å². The van der Waals surface area contributed by atoms with Crippen molar-refractivity contribution in [2.45, 2.75) is 6.92 Å². The van der Waals surface area contributed by atoms with Gasteiger partial charge in [-0.1, -0.05) is 17.7 Å². The molecule has 3 nitrogen and oxygen atoms in total. The number of benzene rings is 2. The lowest BCUT2D eigenvalue weighted by Gasteiger charge is -2.08. The first kappa shape index (κ1) is 13.2. The average Bonchev–Trinajstić information content (AvgIpc) is 2.73. The van der Waals surface area contributed by atoms with E-state index in [4.69, 9.17) is 28.6 Å². The summed E-state index contributed by atoms with van der Waals surface area (Å²) >= 11 is 11.6. The van der Waals surface area contributed by atoms with Crippen molar-refractivity contribution in [3.63, 3.8) is 0 Å². The zero-order valence-corrected chi connectivity index (χ0v) is 12.7. The van der Waals surface area contributed by atoms with E-state index < -0.39 is 0 Å². The van der Waals surface area contributed by atoms with E-state index in [1.807, 2.05) is 22.8 Å². The Morgan fingerprint density at radius 3 is 2.70 bits per heavy atom. The second kappa shape index (κ2) is 4.96. The molecule has 1 heterocycles. The number of ether oxygens (including phenoxy) is 1. The number of halogens is 1. The molecule has 0 saturated heterocycles. The predicted molar refractivity (Wildman–Crippen MR) is 84.8 cm³/mol. The van der Waals surface area contributed by atoms with Gasteiger partial charge in [-0.2, -0.15) is 0 Å².